The number of pyridine rings is 1. The van der Waals surface area contributed by atoms with Crippen LogP contribution in [0.15, 0.2) is 16.7 Å². The summed E-state index contributed by atoms with van der Waals surface area (Å²) < 4.78 is 1.05. The van der Waals surface area contributed by atoms with Gasteiger partial charge in [-0.15, -0.1) is 0 Å². The molecule has 1 fully saturated rings. The molecule has 2 rings (SSSR count). The molecule has 0 aliphatic carbocycles. The van der Waals surface area contributed by atoms with Crippen molar-refractivity contribution in [2.24, 2.45) is 0 Å². The minimum absolute atomic E-state index is 0.434. The molecule has 0 radical (unpaired) electrons. The van der Waals surface area contributed by atoms with Crippen molar-refractivity contribution in [3.8, 4) is 0 Å². The van der Waals surface area contributed by atoms with Gasteiger partial charge < -0.3 is 11.1 Å². The Bertz CT molecular complexity index is 321. The van der Waals surface area contributed by atoms with Gasteiger partial charge in [-0.2, -0.15) is 0 Å². The fourth-order valence-electron chi connectivity index (χ4n) is 1.86. The van der Waals surface area contributed by atoms with E-state index in [4.69, 9.17) is 5.73 Å². The molecular weight excluding hydrogens is 242 g/mol. The van der Waals surface area contributed by atoms with Crippen molar-refractivity contribution in [1.82, 2.24) is 10.3 Å². The first-order valence-corrected chi connectivity index (χ1v) is 5.71. The lowest BCUT2D eigenvalue weighted by Crippen LogP contribution is -2.27. The summed E-state index contributed by atoms with van der Waals surface area (Å²) in [6.07, 6.45) is 5.52. The van der Waals surface area contributed by atoms with E-state index in [9.17, 15) is 0 Å². The van der Waals surface area contributed by atoms with Gasteiger partial charge in [0.05, 0.1) is 0 Å². The number of piperidine rings is 1. The molecule has 14 heavy (non-hydrogen) atoms. The first-order valence-electron chi connectivity index (χ1n) is 4.91. The zero-order chi connectivity index (χ0) is 9.97. The third kappa shape index (κ3) is 2.07. The van der Waals surface area contributed by atoms with Crippen molar-refractivity contribution in [3.63, 3.8) is 0 Å². The highest BCUT2D eigenvalue weighted by molar-refractivity contribution is 9.10. The largest absolute Gasteiger partial charge is 0.384 e. The maximum absolute atomic E-state index is 5.67. The van der Waals surface area contributed by atoms with Gasteiger partial charge in [0.1, 0.15) is 5.82 Å². The Labute approximate surface area is 92.2 Å². The second-order valence-electron chi connectivity index (χ2n) is 3.63. The van der Waals surface area contributed by atoms with Gasteiger partial charge in [-0.3, -0.25) is 0 Å². The van der Waals surface area contributed by atoms with Crippen LogP contribution in [0.25, 0.3) is 0 Å². The first-order chi connectivity index (χ1) is 6.77. The van der Waals surface area contributed by atoms with Crippen LogP contribution in [-0.4, -0.2) is 11.5 Å². The number of nitrogens with two attached hydrogens (primary N) is 1. The Morgan fingerprint density at radius 3 is 3.07 bits per heavy atom. The number of rotatable bonds is 1. The van der Waals surface area contributed by atoms with Crippen LogP contribution in [0.5, 0.6) is 0 Å². The van der Waals surface area contributed by atoms with E-state index in [0.29, 0.717) is 11.9 Å². The highest BCUT2D eigenvalue weighted by Gasteiger charge is 2.17. The maximum Gasteiger partial charge on any atom is 0.123 e. The van der Waals surface area contributed by atoms with Crippen LogP contribution < -0.4 is 11.1 Å². The Balaban J connectivity index is 2.24. The van der Waals surface area contributed by atoms with E-state index in [1.807, 2.05) is 6.07 Å². The number of nitrogen functional groups attached to an aromatic ring is 1. The predicted octanol–water partition coefficient (Wildman–Crippen LogP) is 2.24. The topological polar surface area (TPSA) is 50.9 Å². The van der Waals surface area contributed by atoms with Gasteiger partial charge in [-0.1, -0.05) is 6.42 Å². The quantitative estimate of drug-likeness (QED) is 0.810. The Kier molecular flexibility index (Phi) is 3.03. The molecule has 1 atom stereocenters. The molecular formula is C10H14BrN3. The first kappa shape index (κ1) is 9.93. The van der Waals surface area contributed by atoms with Crippen molar-refractivity contribution in [2.75, 3.05) is 12.3 Å². The maximum atomic E-state index is 5.67. The summed E-state index contributed by atoms with van der Waals surface area (Å²) in [5, 5.41) is 3.49. The van der Waals surface area contributed by atoms with Crippen LogP contribution in [0, 0.1) is 0 Å². The second-order valence-corrected chi connectivity index (χ2v) is 4.49. The fraction of sp³-hybridized carbons (Fsp3) is 0.500. The summed E-state index contributed by atoms with van der Waals surface area (Å²) in [6.45, 7) is 1.10. The number of halogens is 1. The summed E-state index contributed by atoms with van der Waals surface area (Å²) in [7, 11) is 0. The number of anilines is 1. The molecule has 1 aromatic rings. The van der Waals surface area contributed by atoms with Crippen LogP contribution in [0.1, 0.15) is 30.9 Å². The smallest absolute Gasteiger partial charge is 0.123 e. The molecule has 1 saturated heterocycles. The van der Waals surface area contributed by atoms with Gasteiger partial charge in [-0.25, -0.2) is 4.98 Å². The molecule has 76 valence electrons. The highest BCUT2D eigenvalue weighted by Crippen LogP contribution is 2.29. The molecule has 1 aliphatic rings. The van der Waals surface area contributed by atoms with Crippen molar-refractivity contribution in [3.05, 3.63) is 22.3 Å². The normalized spacial score (nSPS) is 22.2. The molecule has 2 heterocycles. The summed E-state index contributed by atoms with van der Waals surface area (Å²) in [5.74, 6) is 0.593. The third-order valence-corrected chi connectivity index (χ3v) is 3.25. The monoisotopic (exact) mass is 255 g/mol. The van der Waals surface area contributed by atoms with E-state index in [1.165, 1.54) is 24.8 Å². The number of nitrogens with one attached hydrogen (secondary N) is 1. The van der Waals surface area contributed by atoms with Gasteiger partial charge in [0, 0.05) is 16.7 Å². The number of aromatic nitrogens is 1. The Morgan fingerprint density at radius 1 is 1.50 bits per heavy atom. The molecule has 1 aromatic heterocycles. The van der Waals surface area contributed by atoms with Crippen molar-refractivity contribution in [1.29, 1.82) is 0 Å². The van der Waals surface area contributed by atoms with Crippen molar-refractivity contribution >= 4 is 21.7 Å². The SMILES string of the molecule is Nc1cc([C@H]2CCCCN2)c(Br)cn1. The van der Waals surface area contributed by atoms with E-state index in [0.717, 1.165) is 11.0 Å². The number of hydrogen-bond donors (Lipinski definition) is 2. The van der Waals surface area contributed by atoms with Gasteiger partial charge in [0.2, 0.25) is 0 Å². The van der Waals surface area contributed by atoms with Crippen LogP contribution in [0.3, 0.4) is 0 Å². The van der Waals surface area contributed by atoms with E-state index in [2.05, 4.69) is 26.2 Å². The molecule has 4 heteroatoms. The van der Waals surface area contributed by atoms with Crippen molar-refractivity contribution in [2.45, 2.75) is 25.3 Å². The molecule has 0 aromatic carbocycles. The average Bonchev–Trinajstić information content (AvgIpc) is 2.23. The lowest BCUT2D eigenvalue weighted by atomic mass is 9.98. The molecule has 3 nitrogen and oxygen atoms in total. The highest BCUT2D eigenvalue weighted by atomic mass is 79.9. The van der Waals surface area contributed by atoms with Crippen LogP contribution in [0.2, 0.25) is 0 Å². The molecule has 3 N–H and O–H groups in total. The molecule has 0 spiro atoms. The Hall–Kier alpha value is -0.610. The molecule has 0 unspecified atom stereocenters. The predicted molar refractivity (Wildman–Crippen MR) is 60.9 cm³/mol. The van der Waals surface area contributed by atoms with E-state index in [-0.39, 0.29) is 0 Å². The van der Waals surface area contributed by atoms with Crippen LogP contribution >= 0.6 is 15.9 Å². The van der Waals surface area contributed by atoms with E-state index >= 15 is 0 Å². The second kappa shape index (κ2) is 4.28. The molecule has 0 amide bonds. The lowest BCUT2D eigenvalue weighted by Gasteiger charge is -2.24. The fourth-order valence-corrected chi connectivity index (χ4v) is 2.35. The van der Waals surface area contributed by atoms with Crippen molar-refractivity contribution < 1.29 is 0 Å². The number of nitrogens with zero attached hydrogens (tertiary/aromatic N) is 1. The molecule has 1 aliphatic heterocycles. The molecule has 0 saturated carbocycles. The minimum Gasteiger partial charge on any atom is -0.384 e. The van der Waals surface area contributed by atoms with Gasteiger partial charge in [-0.05, 0) is 46.9 Å². The summed E-state index contributed by atoms with van der Waals surface area (Å²) in [6, 6.07) is 2.39. The average molecular weight is 256 g/mol. The standard InChI is InChI=1S/C10H14BrN3/c11-8-6-14-10(12)5-7(8)9-3-1-2-4-13-9/h5-6,9,13H,1-4H2,(H2,12,14)/t9-/m1/s1. The lowest BCUT2D eigenvalue weighted by molar-refractivity contribution is 0.411. The minimum atomic E-state index is 0.434. The third-order valence-electron chi connectivity index (χ3n) is 2.59. The zero-order valence-electron chi connectivity index (χ0n) is 7.96. The van der Waals surface area contributed by atoms with Crippen LogP contribution in [0.4, 0.5) is 5.82 Å². The van der Waals surface area contributed by atoms with Crippen LogP contribution in [-0.2, 0) is 0 Å². The molecule has 0 bridgehead atoms. The summed E-state index contributed by atoms with van der Waals surface area (Å²) >= 11 is 3.51. The van der Waals surface area contributed by atoms with Gasteiger partial charge in [0.25, 0.3) is 0 Å². The van der Waals surface area contributed by atoms with E-state index in [1.54, 1.807) is 6.20 Å². The van der Waals surface area contributed by atoms with Gasteiger partial charge >= 0.3 is 0 Å². The Morgan fingerprint density at radius 2 is 2.36 bits per heavy atom. The number of hydrogen-bond acceptors (Lipinski definition) is 3. The zero-order valence-corrected chi connectivity index (χ0v) is 9.55. The summed E-state index contributed by atoms with van der Waals surface area (Å²) in [5.41, 5.74) is 6.91. The van der Waals surface area contributed by atoms with E-state index < -0.39 is 0 Å². The summed E-state index contributed by atoms with van der Waals surface area (Å²) in [4.78, 5) is 4.04. The van der Waals surface area contributed by atoms with Gasteiger partial charge in [0.15, 0.2) is 0 Å².